The van der Waals surface area contributed by atoms with Crippen LogP contribution in [0.1, 0.15) is 22.7 Å². The molecule has 1 rings (SSSR count). The van der Waals surface area contributed by atoms with Crippen molar-refractivity contribution in [2.45, 2.75) is 26.1 Å². The fraction of sp³-hybridized carbons (Fsp3) is 0.500. The zero-order valence-electron chi connectivity index (χ0n) is 10.1. The molecule has 1 aromatic carbocycles. The molecule has 0 aliphatic carbocycles. The van der Waals surface area contributed by atoms with E-state index in [4.69, 9.17) is 5.73 Å². The van der Waals surface area contributed by atoms with Crippen molar-refractivity contribution in [1.82, 2.24) is 0 Å². The quantitative estimate of drug-likeness (QED) is 0.849. The third-order valence-electron chi connectivity index (χ3n) is 2.49. The Hall–Kier alpha value is -1.14. The molecule has 0 aliphatic rings. The molecule has 0 bridgehead atoms. The molecule has 0 aliphatic heterocycles. The van der Waals surface area contributed by atoms with Crippen molar-refractivity contribution >= 4 is 0 Å². The molecule has 18 heavy (non-hydrogen) atoms. The maximum absolute atomic E-state index is 13.1. The van der Waals surface area contributed by atoms with E-state index < -0.39 is 24.6 Å². The van der Waals surface area contributed by atoms with Gasteiger partial charge in [-0.2, -0.15) is 13.2 Å². The molecule has 0 amide bonds. The number of benzene rings is 1. The third-order valence-corrected chi connectivity index (χ3v) is 2.49. The van der Waals surface area contributed by atoms with Crippen LogP contribution in [0.5, 0.6) is 0 Å². The van der Waals surface area contributed by atoms with E-state index in [-0.39, 0.29) is 6.61 Å². The number of alkyl halides is 3. The van der Waals surface area contributed by atoms with Crippen LogP contribution in [0.2, 0.25) is 0 Å². The van der Waals surface area contributed by atoms with Gasteiger partial charge in [0.25, 0.3) is 0 Å². The lowest BCUT2D eigenvalue weighted by molar-refractivity contribution is -0.174. The minimum atomic E-state index is -4.37. The highest BCUT2D eigenvalue weighted by Crippen LogP contribution is 2.23. The van der Waals surface area contributed by atoms with E-state index in [2.05, 4.69) is 4.74 Å². The predicted molar refractivity (Wildman–Crippen MR) is 59.7 cm³/mol. The summed E-state index contributed by atoms with van der Waals surface area (Å²) in [6.07, 6.45) is -4.37. The van der Waals surface area contributed by atoms with Gasteiger partial charge in [0.05, 0.1) is 12.6 Å². The van der Waals surface area contributed by atoms with Crippen molar-refractivity contribution in [2.24, 2.45) is 5.73 Å². The average Bonchev–Trinajstić information content (AvgIpc) is 2.13. The van der Waals surface area contributed by atoms with E-state index in [1.54, 1.807) is 13.8 Å². The molecule has 2 N–H and O–H groups in total. The number of hydrogen-bond donors (Lipinski definition) is 1. The standard InChI is InChI=1S/C12H15F4NO/c1-7-3-9(13)4-8(2)11(7)10(17)5-18-6-12(14,15)16/h3-4,10H,5-6,17H2,1-2H3. The summed E-state index contributed by atoms with van der Waals surface area (Å²) in [6, 6.07) is 1.89. The number of ether oxygens (including phenoxy) is 1. The van der Waals surface area contributed by atoms with Gasteiger partial charge in [-0.15, -0.1) is 0 Å². The van der Waals surface area contributed by atoms with Crippen LogP contribution in [0.15, 0.2) is 12.1 Å². The van der Waals surface area contributed by atoms with Crippen LogP contribution in [0.3, 0.4) is 0 Å². The summed E-state index contributed by atoms with van der Waals surface area (Å²) in [7, 11) is 0. The van der Waals surface area contributed by atoms with E-state index in [1.807, 2.05) is 0 Å². The number of hydrogen-bond acceptors (Lipinski definition) is 2. The number of aryl methyl sites for hydroxylation is 2. The topological polar surface area (TPSA) is 35.2 Å². The summed E-state index contributed by atoms with van der Waals surface area (Å²) in [5, 5.41) is 0. The SMILES string of the molecule is Cc1cc(F)cc(C)c1C(N)COCC(F)(F)F. The number of rotatable bonds is 4. The zero-order chi connectivity index (χ0) is 13.9. The first kappa shape index (κ1) is 14.9. The van der Waals surface area contributed by atoms with Crippen LogP contribution in [-0.4, -0.2) is 19.4 Å². The van der Waals surface area contributed by atoms with Crippen LogP contribution < -0.4 is 5.73 Å². The second kappa shape index (κ2) is 5.67. The first-order chi connectivity index (χ1) is 8.20. The highest BCUT2D eigenvalue weighted by molar-refractivity contribution is 5.36. The Bertz CT molecular complexity index is 394. The lowest BCUT2D eigenvalue weighted by atomic mass is 9.97. The monoisotopic (exact) mass is 265 g/mol. The van der Waals surface area contributed by atoms with Crippen molar-refractivity contribution in [1.29, 1.82) is 0 Å². The first-order valence-corrected chi connectivity index (χ1v) is 5.37. The fourth-order valence-corrected chi connectivity index (χ4v) is 1.89. The number of halogens is 4. The molecule has 0 saturated heterocycles. The van der Waals surface area contributed by atoms with E-state index in [1.165, 1.54) is 12.1 Å². The molecule has 1 atom stereocenters. The van der Waals surface area contributed by atoms with Crippen LogP contribution >= 0.6 is 0 Å². The molecule has 0 aromatic heterocycles. The van der Waals surface area contributed by atoms with Gasteiger partial charge in [0.15, 0.2) is 0 Å². The average molecular weight is 265 g/mol. The Balaban J connectivity index is 2.70. The van der Waals surface area contributed by atoms with E-state index in [0.29, 0.717) is 16.7 Å². The molecule has 0 spiro atoms. The second-order valence-electron chi connectivity index (χ2n) is 4.19. The second-order valence-corrected chi connectivity index (χ2v) is 4.19. The van der Waals surface area contributed by atoms with Gasteiger partial charge < -0.3 is 10.5 Å². The Kier molecular flexibility index (Phi) is 4.70. The lowest BCUT2D eigenvalue weighted by Crippen LogP contribution is -2.24. The molecule has 0 fully saturated rings. The van der Waals surface area contributed by atoms with Crippen LogP contribution in [-0.2, 0) is 4.74 Å². The Labute approximate surface area is 103 Å². The highest BCUT2D eigenvalue weighted by atomic mass is 19.4. The molecule has 0 radical (unpaired) electrons. The van der Waals surface area contributed by atoms with Gasteiger partial charge in [-0.25, -0.2) is 4.39 Å². The summed E-state index contributed by atoms with van der Waals surface area (Å²) in [6.45, 7) is 1.73. The Morgan fingerprint density at radius 2 is 1.72 bits per heavy atom. The van der Waals surface area contributed by atoms with Gasteiger partial charge in [-0.1, -0.05) is 0 Å². The molecule has 102 valence electrons. The van der Waals surface area contributed by atoms with Crippen LogP contribution in [0.25, 0.3) is 0 Å². The van der Waals surface area contributed by atoms with Crippen molar-refractivity contribution in [2.75, 3.05) is 13.2 Å². The van der Waals surface area contributed by atoms with Gasteiger partial charge in [-0.05, 0) is 42.7 Å². The molecular weight excluding hydrogens is 250 g/mol. The largest absolute Gasteiger partial charge is 0.411 e. The normalized spacial score (nSPS) is 13.7. The van der Waals surface area contributed by atoms with Crippen LogP contribution in [0.4, 0.5) is 17.6 Å². The molecule has 0 heterocycles. The van der Waals surface area contributed by atoms with E-state index in [9.17, 15) is 17.6 Å². The summed E-state index contributed by atoms with van der Waals surface area (Å²) in [4.78, 5) is 0. The maximum atomic E-state index is 13.1. The summed E-state index contributed by atoms with van der Waals surface area (Å²) < 4.78 is 53.3. The molecule has 1 unspecified atom stereocenters. The first-order valence-electron chi connectivity index (χ1n) is 5.37. The zero-order valence-corrected chi connectivity index (χ0v) is 10.1. The minimum absolute atomic E-state index is 0.257. The molecule has 2 nitrogen and oxygen atoms in total. The maximum Gasteiger partial charge on any atom is 0.411 e. The lowest BCUT2D eigenvalue weighted by Gasteiger charge is -2.18. The fourth-order valence-electron chi connectivity index (χ4n) is 1.89. The summed E-state index contributed by atoms with van der Waals surface area (Å²) in [5.41, 5.74) is 7.60. The van der Waals surface area contributed by atoms with Gasteiger partial charge in [-0.3, -0.25) is 0 Å². The molecular formula is C12H15F4NO. The smallest absolute Gasteiger partial charge is 0.370 e. The van der Waals surface area contributed by atoms with Gasteiger partial charge in [0.1, 0.15) is 12.4 Å². The molecule has 1 aromatic rings. The van der Waals surface area contributed by atoms with Crippen molar-refractivity contribution in [3.8, 4) is 0 Å². The van der Waals surface area contributed by atoms with E-state index in [0.717, 1.165) is 0 Å². The third kappa shape index (κ3) is 4.27. The minimum Gasteiger partial charge on any atom is -0.370 e. The van der Waals surface area contributed by atoms with Gasteiger partial charge in [0.2, 0.25) is 0 Å². The summed E-state index contributed by atoms with van der Waals surface area (Å²) in [5.74, 6) is -0.392. The Morgan fingerprint density at radius 3 is 2.17 bits per heavy atom. The molecule has 6 heteroatoms. The molecule has 0 saturated carbocycles. The van der Waals surface area contributed by atoms with Gasteiger partial charge >= 0.3 is 6.18 Å². The van der Waals surface area contributed by atoms with E-state index >= 15 is 0 Å². The van der Waals surface area contributed by atoms with Gasteiger partial charge in [0, 0.05) is 0 Å². The Morgan fingerprint density at radius 1 is 1.22 bits per heavy atom. The predicted octanol–water partition coefficient (Wildman–Crippen LogP) is 3.02. The van der Waals surface area contributed by atoms with Crippen molar-refractivity contribution < 1.29 is 22.3 Å². The summed E-state index contributed by atoms with van der Waals surface area (Å²) >= 11 is 0. The highest BCUT2D eigenvalue weighted by Gasteiger charge is 2.28. The van der Waals surface area contributed by atoms with Crippen LogP contribution in [0, 0.1) is 19.7 Å². The number of nitrogens with two attached hydrogens (primary N) is 1. The van der Waals surface area contributed by atoms with Crippen molar-refractivity contribution in [3.63, 3.8) is 0 Å². The van der Waals surface area contributed by atoms with Crippen molar-refractivity contribution in [3.05, 3.63) is 34.6 Å².